The van der Waals surface area contributed by atoms with Crippen molar-refractivity contribution in [2.75, 3.05) is 14.1 Å². The molecule has 0 saturated heterocycles. The molecular weight excluding hydrogens is 440 g/mol. The smallest absolute Gasteiger partial charge is 0.116 e. The maximum atomic E-state index is 4.68. The summed E-state index contributed by atoms with van der Waals surface area (Å²) >= 11 is 1.76. The number of nitrogens with one attached hydrogen (secondary N) is 2. The Balaban J connectivity index is 1.45. The van der Waals surface area contributed by atoms with Crippen molar-refractivity contribution in [1.82, 2.24) is 30.0 Å². The number of H-pyrrole nitrogens is 2. The first-order valence-corrected chi connectivity index (χ1v) is 12.0. The minimum Gasteiger partial charge on any atom is -0.353 e. The van der Waals surface area contributed by atoms with Crippen molar-refractivity contribution >= 4 is 33.1 Å². The third kappa shape index (κ3) is 3.69. The van der Waals surface area contributed by atoms with E-state index in [-0.39, 0.29) is 0 Å². The van der Waals surface area contributed by atoms with Gasteiger partial charge in [0.25, 0.3) is 0 Å². The van der Waals surface area contributed by atoms with Crippen molar-refractivity contribution in [2.45, 2.75) is 13.5 Å². The summed E-state index contributed by atoms with van der Waals surface area (Å²) < 4.78 is 0. The lowest BCUT2D eigenvalue weighted by Crippen LogP contribution is -2.10. The van der Waals surface area contributed by atoms with E-state index in [9.17, 15) is 0 Å². The summed E-state index contributed by atoms with van der Waals surface area (Å²) in [6.45, 7) is 2.98. The Morgan fingerprint density at radius 3 is 2.59 bits per heavy atom. The lowest BCUT2D eigenvalue weighted by atomic mass is 10.0. The second-order valence-electron chi connectivity index (χ2n) is 8.87. The highest BCUT2D eigenvalue weighted by Gasteiger charge is 2.15. The Morgan fingerprint density at radius 2 is 1.76 bits per heavy atom. The van der Waals surface area contributed by atoms with Gasteiger partial charge in [0.2, 0.25) is 0 Å². The number of aryl methyl sites for hydroxylation is 1. The Kier molecular flexibility index (Phi) is 5.01. The van der Waals surface area contributed by atoms with E-state index >= 15 is 0 Å². The van der Waals surface area contributed by atoms with E-state index in [1.165, 1.54) is 15.3 Å². The molecule has 6 aromatic rings. The van der Waals surface area contributed by atoms with Crippen LogP contribution in [-0.2, 0) is 6.54 Å². The second kappa shape index (κ2) is 8.20. The first-order valence-electron chi connectivity index (χ1n) is 11.2. The number of aromatic nitrogens is 5. The van der Waals surface area contributed by atoms with Crippen molar-refractivity contribution in [3.8, 4) is 33.1 Å². The van der Waals surface area contributed by atoms with Crippen LogP contribution in [0.4, 0.5) is 0 Å². The minimum absolute atomic E-state index is 0.856. The molecule has 34 heavy (non-hydrogen) atoms. The summed E-state index contributed by atoms with van der Waals surface area (Å²) in [5.41, 5.74) is 8.34. The van der Waals surface area contributed by atoms with E-state index < -0.39 is 0 Å². The normalized spacial score (nSPS) is 11.8. The Bertz CT molecular complexity index is 1640. The summed E-state index contributed by atoms with van der Waals surface area (Å²) in [6, 6.07) is 17.1. The van der Waals surface area contributed by atoms with Gasteiger partial charge in [0.1, 0.15) is 5.69 Å². The van der Waals surface area contributed by atoms with Crippen LogP contribution in [-0.4, -0.2) is 44.1 Å². The van der Waals surface area contributed by atoms with Crippen LogP contribution in [0.3, 0.4) is 0 Å². The fourth-order valence-corrected chi connectivity index (χ4v) is 5.31. The number of rotatable bonds is 5. The molecule has 0 bridgehead atoms. The zero-order valence-corrected chi connectivity index (χ0v) is 20.1. The summed E-state index contributed by atoms with van der Waals surface area (Å²) in [6.07, 6.45) is 5.71. The van der Waals surface area contributed by atoms with Gasteiger partial charge >= 0.3 is 0 Å². The van der Waals surface area contributed by atoms with Crippen LogP contribution >= 0.6 is 11.3 Å². The largest absolute Gasteiger partial charge is 0.353 e. The molecule has 7 heteroatoms. The van der Waals surface area contributed by atoms with Crippen molar-refractivity contribution in [2.24, 2.45) is 0 Å². The summed E-state index contributed by atoms with van der Waals surface area (Å²) in [5, 5.41) is 10.0. The average Bonchev–Trinajstić information content (AvgIpc) is 3.55. The zero-order chi connectivity index (χ0) is 23.2. The molecule has 0 amide bonds. The van der Waals surface area contributed by atoms with E-state index in [0.29, 0.717) is 0 Å². The lowest BCUT2D eigenvalue weighted by Gasteiger charge is -2.10. The molecule has 6 nitrogen and oxygen atoms in total. The fourth-order valence-electron chi connectivity index (χ4n) is 4.44. The zero-order valence-electron chi connectivity index (χ0n) is 19.3. The molecule has 0 spiro atoms. The molecule has 0 aliphatic heterocycles. The van der Waals surface area contributed by atoms with Gasteiger partial charge in [-0.2, -0.15) is 5.10 Å². The van der Waals surface area contributed by atoms with Crippen molar-refractivity contribution < 1.29 is 0 Å². The van der Waals surface area contributed by atoms with Crippen LogP contribution < -0.4 is 0 Å². The first kappa shape index (κ1) is 20.8. The van der Waals surface area contributed by atoms with Crippen LogP contribution in [0.2, 0.25) is 0 Å². The Labute approximate surface area is 201 Å². The molecule has 5 heterocycles. The van der Waals surface area contributed by atoms with Gasteiger partial charge in [-0.1, -0.05) is 6.07 Å². The van der Waals surface area contributed by atoms with Gasteiger partial charge in [-0.3, -0.25) is 15.1 Å². The maximum absolute atomic E-state index is 4.68. The SMILES string of the molecule is Cc1ccc(-c2nccc3[nH]c(-c4n[nH]c5ccc(-c6cncc(CN(C)C)c6)cc45)cc23)s1. The van der Waals surface area contributed by atoms with Crippen LogP contribution in [0.25, 0.3) is 54.9 Å². The summed E-state index contributed by atoms with van der Waals surface area (Å²) in [5.74, 6) is 0. The lowest BCUT2D eigenvalue weighted by molar-refractivity contribution is 0.402. The first-order chi connectivity index (χ1) is 16.5. The second-order valence-corrected chi connectivity index (χ2v) is 10.2. The molecule has 0 fully saturated rings. The summed E-state index contributed by atoms with van der Waals surface area (Å²) in [4.78, 5) is 17.3. The monoisotopic (exact) mass is 464 g/mol. The molecule has 0 atom stereocenters. The number of thiophene rings is 1. The standard InChI is InChI=1S/C27H24N6S/c1-16-4-7-25(34-16)27-21-12-24(30-22(21)8-9-29-27)26-20-11-18(5-6-23(20)31-32-26)19-10-17(13-28-14-19)15-33(2)3/h4-14,30H,15H2,1-3H3,(H,31,32). The van der Waals surface area contributed by atoms with E-state index in [1.807, 2.05) is 24.7 Å². The third-order valence-electron chi connectivity index (χ3n) is 5.97. The molecule has 2 N–H and O–H groups in total. The Hall–Kier alpha value is -3.81. The predicted octanol–water partition coefficient (Wildman–Crippen LogP) is 6.27. The van der Waals surface area contributed by atoms with Gasteiger partial charge in [0.15, 0.2) is 0 Å². The number of fused-ring (bicyclic) bond motifs is 2. The molecular formula is C27H24N6S. The number of pyridine rings is 2. The van der Waals surface area contributed by atoms with Crippen LogP contribution in [0.15, 0.2) is 67.1 Å². The van der Waals surface area contributed by atoms with E-state index in [2.05, 4.69) is 93.5 Å². The minimum atomic E-state index is 0.856. The van der Waals surface area contributed by atoms with Gasteiger partial charge in [0.05, 0.1) is 21.8 Å². The molecule has 1 aromatic carbocycles. The van der Waals surface area contributed by atoms with Crippen molar-refractivity contribution in [3.63, 3.8) is 0 Å². The molecule has 5 aromatic heterocycles. The van der Waals surface area contributed by atoms with E-state index in [4.69, 9.17) is 0 Å². The van der Waals surface area contributed by atoms with Crippen molar-refractivity contribution in [1.29, 1.82) is 0 Å². The fraction of sp³-hybridized carbons (Fsp3) is 0.148. The predicted molar refractivity (Wildman–Crippen MR) is 140 cm³/mol. The summed E-state index contributed by atoms with van der Waals surface area (Å²) in [7, 11) is 4.13. The number of benzene rings is 1. The van der Waals surface area contributed by atoms with Gasteiger partial charge in [-0.15, -0.1) is 11.3 Å². The third-order valence-corrected chi connectivity index (χ3v) is 6.97. The molecule has 0 unspecified atom stereocenters. The maximum Gasteiger partial charge on any atom is 0.116 e. The van der Waals surface area contributed by atoms with Crippen molar-refractivity contribution in [3.05, 3.63) is 77.6 Å². The van der Waals surface area contributed by atoms with E-state index in [0.717, 1.165) is 56.6 Å². The number of nitrogens with zero attached hydrogens (tertiary/aromatic N) is 4. The molecule has 6 rings (SSSR count). The van der Waals surface area contributed by atoms with Gasteiger partial charge in [-0.25, -0.2) is 0 Å². The molecule has 0 radical (unpaired) electrons. The average molecular weight is 465 g/mol. The highest BCUT2D eigenvalue weighted by Crippen LogP contribution is 2.36. The Morgan fingerprint density at radius 1 is 0.882 bits per heavy atom. The molecule has 168 valence electrons. The highest BCUT2D eigenvalue weighted by molar-refractivity contribution is 7.15. The highest BCUT2D eigenvalue weighted by atomic mass is 32.1. The number of aromatic amines is 2. The number of hydrogen-bond acceptors (Lipinski definition) is 5. The molecule has 0 saturated carbocycles. The van der Waals surface area contributed by atoms with Crippen LogP contribution in [0.1, 0.15) is 10.4 Å². The number of hydrogen-bond donors (Lipinski definition) is 2. The van der Waals surface area contributed by atoms with Gasteiger partial charge in [-0.05, 0) is 74.6 Å². The topological polar surface area (TPSA) is 73.5 Å². The van der Waals surface area contributed by atoms with Crippen LogP contribution in [0.5, 0.6) is 0 Å². The molecule has 0 aliphatic carbocycles. The van der Waals surface area contributed by atoms with Crippen LogP contribution in [0, 0.1) is 6.92 Å². The molecule has 0 aliphatic rings. The van der Waals surface area contributed by atoms with Gasteiger partial charge < -0.3 is 9.88 Å². The van der Waals surface area contributed by atoms with Gasteiger partial charge in [0, 0.05) is 51.9 Å². The quantitative estimate of drug-likeness (QED) is 0.315. The van der Waals surface area contributed by atoms with E-state index in [1.54, 1.807) is 11.3 Å².